The molecule has 4 aromatic rings. The Morgan fingerprint density at radius 2 is 1.59 bits per heavy atom. The van der Waals surface area contributed by atoms with Gasteiger partial charge in [0.05, 0.1) is 0 Å². The van der Waals surface area contributed by atoms with Crippen molar-refractivity contribution < 1.29 is 3.87 Å². The van der Waals surface area contributed by atoms with Crippen LogP contribution in [0.25, 0.3) is 6.08 Å². The summed E-state index contributed by atoms with van der Waals surface area (Å²) in [4.78, 5) is 29.2. The summed E-state index contributed by atoms with van der Waals surface area (Å²) in [6.07, 6.45) is 1.79. The topological polar surface area (TPSA) is 108 Å². The zero-order valence-corrected chi connectivity index (χ0v) is 20.6. The molecule has 0 unspecified atom stereocenters. The molecule has 0 radical (unpaired) electrons. The highest BCUT2D eigenvalue weighted by molar-refractivity contribution is 6.99. The zero-order chi connectivity index (χ0) is 24.2. The highest BCUT2D eigenvalue weighted by Crippen LogP contribution is 2.20. The normalized spacial score (nSPS) is 12.1. The summed E-state index contributed by atoms with van der Waals surface area (Å²) in [7, 11) is 7.50. The fraction of sp³-hybridized carbons (Fsp3) is 0.182. The van der Waals surface area contributed by atoms with E-state index in [1.807, 2.05) is 74.4 Å². The van der Waals surface area contributed by atoms with Crippen LogP contribution in [0.3, 0.4) is 0 Å². The van der Waals surface area contributed by atoms with Gasteiger partial charge in [0.1, 0.15) is 9.56 Å². The van der Waals surface area contributed by atoms with E-state index in [4.69, 9.17) is 11.6 Å². The molecule has 2 heterocycles. The molecule has 0 aliphatic carbocycles. The summed E-state index contributed by atoms with van der Waals surface area (Å²) >= 11 is 7.13. The zero-order valence-electron chi connectivity index (χ0n) is 19.0. The van der Waals surface area contributed by atoms with Crippen molar-refractivity contribution in [1.82, 2.24) is 20.1 Å². The summed E-state index contributed by atoms with van der Waals surface area (Å²) in [6.45, 7) is 0. The number of aromatic amines is 1. The molecule has 0 aliphatic rings. The minimum atomic E-state index is -0.217. The Kier molecular flexibility index (Phi) is 6.85. The first-order valence-electron chi connectivity index (χ1n) is 10.2. The molecular formula is C22H23ClN9OS+. The van der Waals surface area contributed by atoms with Crippen molar-refractivity contribution in [3.63, 3.8) is 0 Å². The Labute approximate surface area is 204 Å². The van der Waals surface area contributed by atoms with E-state index < -0.39 is 0 Å². The van der Waals surface area contributed by atoms with Crippen molar-refractivity contribution in [2.24, 2.45) is 5.11 Å². The van der Waals surface area contributed by atoms with E-state index in [1.165, 1.54) is 15.4 Å². The fourth-order valence-corrected chi connectivity index (χ4v) is 3.70. The molecule has 0 saturated heterocycles. The van der Waals surface area contributed by atoms with E-state index >= 15 is 0 Å². The van der Waals surface area contributed by atoms with Gasteiger partial charge in [0.2, 0.25) is 29.4 Å². The SMILES string of the molecule is CN(C)c1nc(Nc2ccc(N=[n+]3[nH]c(=O)/c(=C/c4ccc(Cl)cc4)s3)cc2)nc(N(C)C)n1. The van der Waals surface area contributed by atoms with E-state index in [0.717, 1.165) is 11.3 Å². The van der Waals surface area contributed by atoms with Gasteiger partial charge in [-0.2, -0.15) is 15.0 Å². The van der Waals surface area contributed by atoms with Crippen molar-refractivity contribution in [1.29, 1.82) is 0 Å². The van der Waals surface area contributed by atoms with Gasteiger partial charge >= 0.3 is 5.56 Å². The molecule has 174 valence electrons. The largest absolute Gasteiger partial charge is 0.347 e. The number of benzene rings is 2. The second-order valence-corrected chi connectivity index (χ2v) is 9.09. The van der Waals surface area contributed by atoms with Crippen LogP contribution in [0.5, 0.6) is 0 Å². The third-order valence-electron chi connectivity index (χ3n) is 4.52. The molecule has 0 amide bonds. The Bertz CT molecular complexity index is 1440. The van der Waals surface area contributed by atoms with Gasteiger partial charge in [-0.1, -0.05) is 28.8 Å². The minimum absolute atomic E-state index is 0.217. The van der Waals surface area contributed by atoms with Crippen LogP contribution in [0, 0.1) is 0 Å². The van der Waals surface area contributed by atoms with Gasteiger partial charge in [0.15, 0.2) is 4.53 Å². The second-order valence-electron chi connectivity index (χ2n) is 7.69. The van der Waals surface area contributed by atoms with Gasteiger partial charge in [-0.15, -0.1) is 0 Å². The lowest BCUT2D eigenvalue weighted by Crippen LogP contribution is -2.22. The highest BCUT2D eigenvalue weighted by Gasteiger charge is 2.10. The maximum Gasteiger partial charge on any atom is 0.325 e. The monoisotopic (exact) mass is 496 g/mol. The third kappa shape index (κ3) is 5.74. The number of nitrogens with zero attached hydrogens (tertiary/aromatic N) is 7. The lowest BCUT2D eigenvalue weighted by molar-refractivity contribution is -0.537. The lowest BCUT2D eigenvalue weighted by atomic mass is 10.2. The smallest absolute Gasteiger partial charge is 0.325 e. The van der Waals surface area contributed by atoms with Crippen LogP contribution in [-0.2, 0) is 0 Å². The number of rotatable bonds is 6. The van der Waals surface area contributed by atoms with E-state index in [1.54, 1.807) is 18.2 Å². The molecule has 4 rings (SSSR count). The predicted molar refractivity (Wildman–Crippen MR) is 135 cm³/mol. The molecule has 2 aromatic carbocycles. The standard InChI is InChI=1S/C22H22ClN9OS/c1-30(2)21-25-20(26-22(27-21)31(3)4)24-16-9-11-17(12-10-16)28-32-29-19(33)18(34-32)13-14-5-7-15(23)8-6-14/h5-13H,1-4H3,(H,29,33)/p+1/b18-13-. The number of nitrogens with one attached hydrogen (secondary N) is 2. The van der Waals surface area contributed by atoms with Gasteiger partial charge in [0, 0.05) is 44.0 Å². The van der Waals surface area contributed by atoms with Crippen molar-refractivity contribution in [3.8, 4) is 0 Å². The van der Waals surface area contributed by atoms with Crippen LogP contribution in [0.4, 0.5) is 29.2 Å². The first kappa shape index (κ1) is 23.3. The third-order valence-corrected chi connectivity index (χ3v) is 5.61. The molecule has 34 heavy (non-hydrogen) atoms. The van der Waals surface area contributed by atoms with Crippen LogP contribution in [0.1, 0.15) is 5.56 Å². The van der Waals surface area contributed by atoms with E-state index in [0.29, 0.717) is 33.1 Å². The number of hydrogen-bond donors (Lipinski definition) is 2. The average molecular weight is 497 g/mol. The van der Waals surface area contributed by atoms with E-state index in [-0.39, 0.29) is 5.56 Å². The minimum Gasteiger partial charge on any atom is -0.347 e. The Hall–Kier alpha value is -3.83. The van der Waals surface area contributed by atoms with Crippen LogP contribution in [0.2, 0.25) is 5.02 Å². The number of anilines is 4. The molecule has 0 saturated carbocycles. The van der Waals surface area contributed by atoms with Crippen LogP contribution >= 0.6 is 23.1 Å². The number of halogens is 1. The average Bonchev–Trinajstić information content (AvgIpc) is 3.14. The lowest BCUT2D eigenvalue weighted by Gasteiger charge is -2.16. The molecule has 0 bridgehead atoms. The number of hydrogen-bond acceptors (Lipinski definition) is 9. The second kappa shape index (κ2) is 9.98. The quantitative estimate of drug-likeness (QED) is 0.395. The van der Waals surface area contributed by atoms with E-state index in [2.05, 4.69) is 30.5 Å². The van der Waals surface area contributed by atoms with Gasteiger partial charge in [-0.05, 0) is 48.0 Å². The Morgan fingerprint density at radius 3 is 2.18 bits per heavy atom. The Balaban J connectivity index is 1.56. The first-order valence-corrected chi connectivity index (χ1v) is 11.4. The molecule has 2 N–H and O–H groups in total. The van der Waals surface area contributed by atoms with Crippen molar-refractivity contribution in [3.05, 3.63) is 74.0 Å². The molecule has 0 aliphatic heterocycles. The maximum atomic E-state index is 12.3. The molecule has 10 nitrogen and oxygen atoms in total. The molecular weight excluding hydrogens is 474 g/mol. The molecule has 0 atom stereocenters. The molecule has 12 heteroatoms. The Morgan fingerprint density at radius 1 is 0.971 bits per heavy atom. The van der Waals surface area contributed by atoms with Gasteiger partial charge < -0.3 is 15.1 Å². The van der Waals surface area contributed by atoms with Crippen LogP contribution in [-0.4, -0.2) is 48.2 Å². The molecule has 0 fully saturated rings. The number of H-pyrrole nitrogens is 1. The van der Waals surface area contributed by atoms with Crippen molar-refractivity contribution in [2.45, 2.75) is 0 Å². The van der Waals surface area contributed by atoms with Crippen LogP contribution in [0.15, 0.2) is 58.4 Å². The van der Waals surface area contributed by atoms with Crippen molar-refractivity contribution >= 4 is 58.4 Å². The predicted octanol–water partition coefficient (Wildman–Crippen LogP) is 2.63. The molecule has 2 aromatic heterocycles. The van der Waals surface area contributed by atoms with Crippen molar-refractivity contribution in [2.75, 3.05) is 43.3 Å². The van der Waals surface area contributed by atoms with Crippen LogP contribution < -0.4 is 29.1 Å². The maximum absolute atomic E-state index is 12.3. The van der Waals surface area contributed by atoms with E-state index in [9.17, 15) is 4.79 Å². The summed E-state index contributed by atoms with van der Waals surface area (Å²) < 4.78 is 1.97. The first-order chi connectivity index (χ1) is 16.3. The number of aromatic nitrogens is 5. The summed E-state index contributed by atoms with van der Waals surface area (Å²) in [5.74, 6) is 1.54. The summed E-state index contributed by atoms with van der Waals surface area (Å²) in [5, 5.41) is 11.0. The fourth-order valence-electron chi connectivity index (χ4n) is 2.80. The highest BCUT2D eigenvalue weighted by atomic mass is 35.5. The van der Waals surface area contributed by atoms with Gasteiger partial charge in [0.25, 0.3) is 0 Å². The van der Waals surface area contributed by atoms with Gasteiger partial charge in [-0.25, -0.2) is 0 Å². The van der Waals surface area contributed by atoms with Gasteiger partial charge in [-0.3, -0.25) is 4.79 Å². The summed E-state index contributed by atoms with van der Waals surface area (Å²) in [6, 6.07) is 14.6. The molecule has 0 spiro atoms. The summed E-state index contributed by atoms with van der Waals surface area (Å²) in [5.41, 5.74) is 2.13.